The Kier molecular flexibility index (Phi) is 3.83. The van der Waals surface area contributed by atoms with Crippen molar-refractivity contribution < 1.29 is 9.90 Å². The van der Waals surface area contributed by atoms with E-state index in [-0.39, 0.29) is 12.2 Å². The van der Waals surface area contributed by atoms with Gasteiger partial charge in [0.05, 0.1) is 12.1 Å². The van der Waals surface area contributed by atoms with Crippen LogP contribution in [0.1, 0.15) is 25.5 Å². The van der Waals surface area contributed by atoms with Crippen LogP contribution in [0, 0.1) is 0 Å². The first-order chi connectivity index (χ1) is 6.63. The van der Waals surface area contributed by atoms with Gasteiger partial charge in [0.25, 0.3) is 0 Å². The summed E-state index contributed by atoms with van der Waals surface area (Å²) < 4.78 is 1.65. The van der Waals surface area contributed by atoms with E-state index in [1.165, 1.54) is 0 Å². The smallest absolute Gasteiger partial charge is 0.167 e. The van der Waals surface area contributed by atoms with Crippen molar-refractivity contribution in [3.8, 4) is 0 Å². The van der Waals surface area contributed by atoms with Crippen LogP contribution in [0.2, 0.25) is 0 Å². The predicted molar refractivity (Wildman–Crippen MR) is 52.8 cm³/mol. The van der Waals surface area contributed by atoms with Crippen molar-refractivity contribution in [3.05, 3.63) is 18.0 Å². The van der Waals surface area contributed by atoms with Gasteiger partial charge in [0.15, 0.2) is 5.78 Å². The highest BCUT2D eigenvalue weighted by molar-refractivity contribution is 5.84. The van der Waals surface area contributed by atoms with Crippen LogP contribution in [0.15, 0.2) is 12.3 Å². The molecular formula is C10H16N2O2. The Balaban J connectivity index is 2.48. The highest BCUT2D eigenvalue weighted by Gasteiger charge is 2.15. The molecule has 0 saturated heterocycles. The highest BCUT2D eigenvalue weighted by Crippen LogP contribution is 2.03. The van der Waals surface area contributed by atoms with Crippen LogP contribution in [0.3, 0.4) is 0 Å². The molecule has 4 heteroatoms. The summed E-state index contributed by atoms with van der Waals surface area (Å²) in [5.41, 5.74) is 0.715. The van der Waals surface area contributed by atoms with Gasteiger partial charge in [-0.1, -0.05) is 13.3 Å². The van der Waals surface area contributed by atoms with Crippen molar-refractivity contribution in [1.29, 1.82) is 0 Å². The molecular weight excluding hydrogens is 180 g/mol. The normalized spacial score (nSPS) is 12.8. The average Bonchev–Trinajstić information content (AvgIpc) is 2.51. The molecule has 1 atom stereocenters. The molecule has 1 heterocycles. The van der Waals surface area contributed by atoms with E-state index < -0.39 is 6.10 Å². The zero-order valence-electron chi connectivity index (χ0n) is 8.60. The number of carbonyl (C=O) groups excluding carboxylic acids is 1. The summed E-state index contributed by atoms with van der Waals surface area (Å²) in [7, 11) is 1.80. The van der Waals surface area contributed by atoms with Crippen LogP contribution >= 0.6 is 0 Å². The van der Waals surface area contributed by atoms with Gasteiger partial charge in [-0.05, 0) is 12.5 Å². The van der Waals surface area contributed by atoms with Gasteiger partial charge in [-0.25, -0.2) is 0 Å². The number of aliphatic hydroxyl groups is 1. The van der Waals surface area contributed by atoms with E-state index in [9.17, 15) is 9.90 Å². The maximum absolute atomic E-state index is 11.4. The second-order valence-electron chi connectivity index (χ2n) is 3.43. The molecule has 0 spiro atoms. The molecule has 1 rings (SSSR count). The molecule has 0 saturated carbocycles. The molecule has 1 unspecified atom stereocenters. The number of hydrogen-bond acceptors (Lipinski definition) is 3. The largest absolute Gasteiger partial charge is 0.385 e. The predicted octanol–water partition coefficient (Wildman–Crippen LogP) is 0.693. The van der Waals surface area contributed by atoms with Crippen molar-refractivity contribution >= 4 is 5.78 Å². The van der Waals surface area contributed by atoms with Crippen molar-refractivity contribution in [1.82, 2.24) is 9.78 Å². The monoisotopic (exact) mass is 196 g/mol. The van der Waals surface area contributed by atoms with E-state index in [2.05, 4.69) is 5.10 Å². The summed E-state index contributed by atoms with van der Waals surface area (Å²) in [6, 6.07) is 1.79. The van der Waals surface area contributed by atoms with Gasteiger partial charge in [-0.15, -0.1) is 0 Å². The lowest BCUT2D eigenvalue weighted by atomic mass is 10.1. The molecule has 4 nitrogen and oxygen atoms in total. The number of Topliss-reactive ketones (excluding diaryl/α,β-unsaturated/α-hetero) is 1. The molecule has 0 aliphatic heterocycles. The number of ketones is 1. The molecule has 0 aromatic carbocycles. The number of aryl methyl sites for hydroxylation is 1. The number of carbonyl (C=O) groups is 1. The molecule has 1 aromatic rings. The summed E-state index contributed by atoms with van der Waals surface area (Å²) in [4.78, 5) is 11.4. The maximum Gasteiger partial charge on any atom is 0.167 e. The number of aliphatic hydroxyl groups excluding tert-OH is 1. The molecule has 0 aliphatic rings. The van der Waals surface area contributed by atoms with Crippen molar-refractivity contribution in [2.75, 3.05) is 0 Å². The Labute approximate surface area is 83.5 Å². The number of nitrogens with zero attached hydrogens (tertiary/aromatic N) is 2. The fraction of sp³-hybridized carbons (Fsp3) is 0.600. The summed E-state index contributed by atoms with van der Waals surface area (Å²) in [6.07, 6.45) is 2.53. The van der Waals surface area contributed by atoms with Gasteiger partial charge in [0, 0.05) is 13.2 Å². The molecule has 0 bridgehead atoms. The molecule has 78 valence electrons. The van der Waals surface area contributed by atoms with Crippen LogP contribution in [-0.4, -0.2) is 26.8 Å². The standard InChI is InChI=1S/C10H16N2O2/c1-3-4-9(13)10(14)7-8-5-6-12(2)11-8/h5-6,9,13H,3-4,7H2,1-2H3. The van der Waals surface area contributed by atoms with Gasteiger partial charge in [0.1, 0.15) is 6.10 Å². The number of aromatic nitrogens is 2. The lowest BCUT2D eigenvalue weighted by molar-refractivity contribution is -0.126. The first-order valence-electron chi connectivity index (χ1n) is 4.82. The topological polar surface area (TPSA) is 55.1 Å². The van der Waals surface area contributed by atoms with Gasteiger partial charge >= 0.3 is 0 Å². The van der Waals surface area contributed by atoms with Gasteiger partial charge in [-0.2, -0.15) is 5.10 Å². The van der Waals surface area contributed by atoms with Crippen LogP contribution in [0.5, 0.6) is 0 Å². The van der Waals surface area contributed by atoms with E-state index in [4.69, 9.17) is 0 Å². The Hall–Kier alpha value is -1.16. The Morgan fingerprint density at radius 2 is 2.43 bits per heavy atom. The van der Waals surface area contributed by atoms with Crippen LogP contribution in [0.25, 0.3) is 0 Å². The minimum absolute atomic E-state index is 0.148. The molecule has 14 heavy (non-hydrogen) atoms. The molecule has 1 aromatic heterocycles. The fourth-order valence-electron chi connectivity index (χ4n) is 1.29. The van der Waals surface area contributed by atoms with Gasteiger partial charge < -0.3 is 5.11 Å². The Morgan fingerprint density at radius 1 is 1.71 bits per heavy atom. The van der Waals surface area contributed by atoms with E-state index in [1.807, 2.05) is 6.92 Å². The van der Waals surface area contributed by atoms with Gasteiger partial charge in [0.2, 0.25) is 0 Å². The molecule has 0 fully saturated rings. The average molecular weight is 196 g/mol. The van der Waals surface area contributed by atoms with Crippen molar-refractivity contribution in [2.45, 2.75) is 32.3 Å². The fourth-order valence-corrected chi connectivity index (χ4v) is 1.29. The number of hydrogen-bond donors (Lipinski definition) is 1. The van der Waals surface area contributed by atoms with E-state index in [0.717, 1.165) is 6.42 Å². The van der Waals surface area contributed by atoms with E-state index in [1.54, 1.807) is 24.0 Å². The Bertz CT molecular complexity index is 307. The van der Waals surface area contributed by atoms with Crippen LogP contribution in [0.4, 0.5) is 0 Å². The Morgan fingerprint density at radius 3 is 2.93 bits per heavy atom. The third-order valence-corrected chi connectivity index (χ3v) is 2.06. The van der Waals surface area contributed by atoms with Crippen molar-refractivity contribution in [3.63, 3.8) is 0 Å². The second kappa shape index (κ2) is 4.91. The summed E-state index contributed by atoms with van der Waals surface area (Å²) in [5.74, 6) is -0.148. The maximum atomic E-state index is 11.4. The first-order valence-corrected chi connectivity index (χ1v) is 4.82. The summed E-state index contributed by atoms with van der Waals surface area (Å²) in [5, 5.41) is 13.5. The zero-order valence-corrected chi connectivity index (χ0v) is 8.60. The lowest BCUT2D eigenvalue weighted by Crippen LogP contribution is -2.22. The summed E-state index contributed by atoms with van der Waals surface area (Å²) in [6.45, 7) is 1.94. The third kappa shape index (κ3) is 2.96. The van der Waals surface area contributed by atoms with Crippen LogP contribution in [-0.2, 0) is 18.3 Å². The van der Waals surface area contributed by atoms with E-state index in [0.29, 0.717) is 12.1 Å². The zero-order chi connectivity index (χ0) is 10.6. The molecule has 0 radical (unpaired) electrons. The third-order valence-electron chi connectivity index (χ3n) is 2.06. The SMILES string of the molecule is CCCC(O)C(=O)Cc1ccn(C)n1. The van der Waals surface area contributed by atoms with E-state index >= 15 is 0 Å². The number of rotatable bonds is 5. The minimum Gasteiger partial charge on any atom is -0.385 e. The van der Waals surface area contributed by atoms with Crippen molar-refractivity contribution in [2.24, 2.45) is 7.05 Å². The van der Waals surface area contributed by atoms with Crippen LogP contribution < -0.4 is 0 Å². The summed E-state index contributed by atoms with van der Waals surface area (Å²) >= 11 is 0. The molecule has 0 amide bonds. The lowest BCUT2D eigenvalue weighted by Gasteiger charge is -2.05. The van der Waals surface area contributed by atoms with Gasteiger partial charge in [-0.3, -0.25) is 9.48 Å². The second-order valence-corrected chi connectivity index (χ2v) is 3.43. The minimum atomic E-state index is -0.831. The highest BCUT2D eigenvalue weighted by atomic mass is 16.3. The first kappa shape index (κ1) is 10.9. The quantitative estimate of drug-likeness (QED) is 0.754. The molecule has 1 N–H and O–H groups in total. The molecule has 0 aliphatic carbocycles.